The Morgan fingerprint density at radius 2 is 2.04 bits per heavy atom. The van der Waals surface area contributed by atoms with E-state index in [1.165, 1.54) is 22.3 Å². The highest BCUT2D eigenvalue weighted by atomic mass is 32.1. The summed E-state index contributed by atoms with van der Waals surface area (Å²) in [5, 5.41) is 6.72. The minimum atomic E-state index is 0.745. The average Bonchev–Trinajstić information content (AvgIpc) is 2.96. The van der Waals surface area contributed by atoms with Crippen LogP contribution in [0.25, 0.3) is 21.3 Å². The van der Waals surface area contributed by atoms with Gasteiger partial charge in [0.2, 0.25) is 0 Å². The highest BCUT2D eigenvalue weighted by molar-refractivity contribution is 7.17. The molecule has 0 bridgehead atoms. The number of hydrogen-bond donors (Lipinski definition) is 1. The quantitative estimate of drug-likeness (QED) is 0.681. The summed E-state index contributed by atoms with van der Waals surface area (Å²) in [7, 11) is 1.72. The number of aromatic nitrogens is 2. The third-order valence-electron chi connectivity index (χ3n) is 3.86. The molecule has 0 atom stereocenters. The van der Waals surface area contributed by atoms with E-state index in [9.17, 15) is 0 Å². The van der Waals surface area contributed by atoms with Gasteiger partial charge in [-0.15, -0.1) is 11.3 Å². The molecule has 0 amide bonds. The molecule has 0 saturated heterocycles. The number of anilines is 1. The maximum atomic E-state index is 5.10. The Hall–Kier alpha value is -1.98. The van der Waals surface area contributed by atoms with E-state index >= 15 is 0 Å². The van der Waals surface area contributed by atoms with E-state index in [0.29, 0.717) is 0 Å². The van der Waals surface area contributed by atoms with Gasteiger partial charge >= 0.3 is 0 Å². The van der Waals surface area contributed by atoms with Crippen LogP contribution in [0.5, 0.6) is 0 Å². The van der Waals surface area contributed by atoms with Crippen LogP contribution in [-0.2, 0) is 4.74 Å². The van der Waals surface area contributed by atoms with E-state index in [2.05, 4.69) is 52.7 Å². The van der Waals surface area contributed by atoms with Gasteiger partial charge in [-0.2, -0.15) is 0 Å². The second kappa shape index (κ2) is 7.06. The average molecular weight is 327 g/mol. The van der Waals surface area contributed by atoms with Crippen molar-refractivity contribution in [3.63, 3.8) is 0 Å². The van der Waals surface area contributed by atoms with Crippen molar-refractivity contribution in [3.8, 4) is 11.1 Å². The number of fused-ring (bicyclic) bond motifs is 1. The number of ether oxygens (including phenoxy) is 1. The zero-order valence-corrected chi connectivity index (χ0v) is 14.5. The minimum absolute atomic E-state index is 0.745. The van der Waals surface area contributed by atoms with Gasteiger partial charge in [-0.1, -0.05) is 23.8 Å². The molecular weight excluding hydrogens is 306 g/mol. The van der Waals surface area contributed by atoms with Gasteiger partial charge in [0.25, 0.3) is 0 Å². The lowest BCUT2D eigenvalue weighted by Gasteiger charge is -2.10. The number of nitrogens with zero attached hydrogens (tertiary/aromatic N) is 2. The van der Waals surface area contributed by atoms with Crippen LogP contribution in [0.1, 0.15) is 17.5 Å². The Bertz CT molecular complexity index is 813. The molecule has 0 aliphatic carbocycles. The second-order valence-corrected chi connectivity index (χ2v) is 6.50. The molecule has 1 N–H and O–H groups in total. The van der Waals surface area contributed by atoms with Gasteiger partial charge in [0, 0.05) is 31.2 Å². The van der Waals surface area contributed by atoms with Crippen molar-refractivity contribution in [2.45, 2.75) is 20.3 Å². The third-order valence-corrected chi connectivity index (χ3v) is 4.75. The molecule has 0 radical (unpaired) electrons. The first kappa shape index (κ1) is 15.9. The van der Waals surface area contributed by atoms with E-state index < -0.39 is 0 Å². The number of methoxy groups -OCH3 is 1. The monoisotopic (exact) mass is 327 g/mol. The molecule has 0 spiro atoms. The smallest absolute Gasteiger partial charge is 0.138 e. The molecule has 2 heterocycles. The molecule has 0 aliphatic heterocycles. The van der Waals surface area contributed by atoms with Crippen LogP contribution in [0.2, 0.25) is 0 Å². The van der Waals surface area contributed by atoms with Crippen molar-refractivity contribution in [1.29, 1.82) is 0 Å². The summed E-state index contributed by atoms with van der Waals surface area (Å²) in [5.41, 5.74) is 5.01. The summed E-state index contributed by atoms with van der Waals surface area (Å²) in [6.45, 7) is 5.85. The first-order valence-electron chi connectivity index (χ1n) is 7.73. The Balaban J connectivity index is 2.01. The number of benzene rings is 1. The van der Waals surface area contributed by atoms with E-state index in [0.717, 1.165) is 35.6 Å². The highest BCUT2D eigenvalue weighted by Gasteiger charge is 2.14. The first-order valence-corrected chi connectivity index (χ1v) is 8.61. The molecule has 1 aromatic carbocycles. The fourth-order valence-corrected chi connectivity index (χ4v) is 3.65. The molecule has 3 rings (SSSR count). The molecule has 0 fully saturated rings. The maximum absolute atomic E-state index is 5.10. The summed E-state index contributed by atoms with van der Waals surface area (Å²) in [6, 6.07) is 6.56. The lowest BCUT2D eigenvalue weighted by Crippen LogP contribution is -2.06. The fraction of sp³-hybridized carbons (Fsp3) is 0.333. The molecule has 3 aromatic rings. The normalized spacial score (nSPS) is 11.1. The van der Waals surface area contributed by atoms with Crippen molar-refractivity contribution < 1.29 is 4.74 Å². The van der Waals surface area contributed by atoms with Crippen LogP contribution in [0.4, 0.5) is 5.82 Å². The Morgan fingerprint density at radius 1 is 1.17 bits per heavy atom. The fourth-order valence-electron chi connectivity index (χ4n) is 2.75. The highest BCUT2D eigenvalue weighted by Crippen LogP contribution is 2.37. The lowest BCUT2D eigenvalue weighted by molar-refractivity contribution is 0.198. The minimum Gasteiger partial charge on any atom is -0.385 e. The van der Waals surface area contributed by atoms with Crippen LogP contribution in [0.3, 0.4) is 0 Å². The van der Waals surface area contributed by atoms with Crippen molar-refractivity contribution in [1.82, 2.24) is 9.97 Å². The lowest BCUT2D eigenvalue weighted by atomic mass is 9.99. The van der Waals surface area contributed by atoms with E-state index in [1.807, 2.05) is 0 Å². The zero-order chi connectivity index (χ0) is 16.2. The van der Waals surface area contributed by atoms with Gasteiger partial charge < -0.3 is 10.1 Å². The number of nitrogens with one attached hydrogen (secondary N) is 1. The molecule has 0 saturated carbocycles. The van der Waals surface area contributed by atoms with Gasteiger partial charge in [-0.3, -0.25) is 0 Å². The first-order chi connectivity index (χ1) is 11.2. The second-order valence-electron chi connectivity index (χ2n) is 5.64. The van der Waals surface area contributed by atoms with Gasteiger partial charge in [-0.25, -0.2) is 9.97 Å². The summed E-state index contributed by atoms with van der Waals surface area (Å²) in [5.74, 6) is 0.905. The zero-order valence-electron chi connectivity index (χ0n) is 13.7. The number of hydrogen-bond acceptors (Lipinski definition) is 5. The van der Waals surface area contributed by atoms with Gasteiger partial charge in [0.15, 0.2) is 0 Å². The molecule has 2 aromatic heterocycles. The number of rotatable bonds is 6. The predicted molar refractivity (Wildman–Crippen MR) is 97.3 cm³/mol. The van der Waals surface area contributed by atoms with E-state index in [1.54, 1.807) is 24.8 Å². The van der Waals surface area contributed by atoms with Crippen molar-refractivity contribution >= 4 is 27.4 Å². The van der Waals surface area contributed by atoms with E-state index in [4.69, 9.17) is 4.74 Å². The molecule has 0 aliphatic rings. The topological polar surface area (TPSA) is 47.0 Å². The van der Waals surface area contributed by atoms with E-state index in [-0.39, 0.29) is 0 Å². The van der Waals surface area contributed by atoms with Crippen LogP contribution in [-0.4, -0.2) is 30.2 Å². The molecule has 4 nitrogen and oxygen atoms in total. The van der Waals surface area contributed by atoms with Gasteiger partial charge in [0.05, 0.1) is 5.39 Å². The SMILES string of the molecule is COCCCNc1ncnc2scc(-c3ccc(C)cc3C)c12. The molecule has 120 valence electrons. The number of thiophene rings is 1. The van der Waals surface area contributed by atoms with Gasteiger partial charge in [-0.05, 0) is 31.4 Å². The van der Waals surface area contributed by atoms with Crippen molar-refractivity contribution in [3.05, 3.63) is 41.0 Å². The Kier molecular flexibility index (Phi) is 4.88. The molecular formula is C18H21N3OS. The summed E-state index contributed by atoms with van der Waals surface area (Å²) in [4.78, 5) is 9.89. The summed E-state index contributed by atoms with van der Waals surface area (Å²) >= 11 is 1.66. The summed E-state index contributed by atoms with van der Waals surface area (Å²) in [6.07, 6.45) is 2.58. The molecule has 23 heavy (non-hydrogen) atoms. The standard InChI is InChI=1S/C18H21N3OS/c1-12-5-6-14(13(2)9-12)15-10-23-18-16(15)17(20-11-21-18)19-7-4-8-22-3/h5-6,9-11H,4,7-8H2,1-3H3,(H,19,20,21). The van der Waals surface area contributed by atoms with Crippen molar-refractivity contribution in [2.75, 3.05) is 25.6 Å². The predicted octanol–water partition coefficient (Wildman–Crippen LogP) is 4.42. The Morgan fingerprint density at radius 3 is 2.83 bits per heavy atom. The van der Waals surface area contributed by atoms with Crippen LogP contribution in [0.15, 0.2) is 29.9 Å². The van der Waals surface area contributed by atoms with Crippen LogP contribution in [0, 0.1) is 13.8 Å². The Labute approximate surface area is 140 Å². The molecule has 0 unspecified atom stereocenters. The summed E-state index contributed by atoms with van der Waals surface area (Å²) < 4.78 is 5.10. The van der Waals surface area contributed by atoms with Crippen LogP contribution >= 0.6 is 11.3 Å². The van der Waals surface area contributed by atoms with Gasteiger partial charge in [0.1, 0.15) is 17.0 Å². The van der Waals surface area contributed by atoms with Crippen LogP contribution < -0.4 is 5.32 Å². The molecule has 5 heteroatoms. The third kappa shape index (κ3) is 3.35. The number of aryl methyl sites for hydroxylation is 2. The largest absolute Gasteiger partial charge is 0.385 e. The maximum Gasteiger partial charge on any atom is 0.138 e. The van der Waals surface area contributed by atoms with Crippen molar-refractivity contribution in [2.24, 2.45) is 0 Å².